The fourth-order valence-corrected chi connectivity index (χ4v) is 5.63. The second-order valence-corrected chi connectivity index (χ2v) is 10.3. The topological polar surface area (TPSA) is 108 Å². The van der Waals surface area contributed by atoms with E-state index in [1.54, 1.807) is 35.9 Å². The Balaban J connectivity index is 1.51. The molecule has 1 saturated heterocycles. The molecule has 2 aliphatic rings. The highest BCUT2D eigenvalue weighted by Gasteiger charge is 2.36. The van der Waals surface area contributed by atoms with Crippen LogP contribution in [0, 0.1) is 0 Å². The van der Waals surface area contributed by atoms with Crippen molar-refractivity contribution >= 4 is 22.8 Å². The SMILES string of the molecule is COc1ccc([C@H](C(=O)NC2CCCCC2)N(C[C@@H]2CCCO2)C(=O)Cn2nnc3ccccc32)cc1OC. The first-order valence-electron chi connectivity index (χ1n) is 13.8. The molecule has 5 rings (SSSR count). The molecule has 0 unspecified atom stereocenters. The Morgan fingerprint density at radius 3 is 2.59 bits per heavy atom. The largest absolute Gasteiger partial charge is 0.493 e. The second kappa shape index (κ2) is 12.5. The maximum absolute atomic E-state index is 14.1. The lowest BCUT2D eigenvalue weighted by molar-refractivity contribution is -0.143. The van der Waals surface area contributed by atoms with Gasteiger partial charge < -0.3 is 24.4 Å². The van der Waals surface area contributed by atoms with E-state index < -0.39 is 6.04 Å². The van der Waals surface area contributed by atoms with Crippen molar-refractivity contribution in [1.82, 2.24) is 25.2 Å². The van der Waals surface area contributed by atoms with Gasteiger partial charge in [-0.25, -0.2) is 4.68 Å². The molecule has 0 spiro atoms. The standard InChI is InChI=1S/C29H37N5O5/c1-37-25-15-14-20(17-26(25)38-2)28(29(36)30-21-9-4-3-5-10-21)33(18-22-11-8-16-39-22)27(35)19-34-24-13-7-6-12-23(24)31-32-34/h6-7,12-15,17,21-22,28H,3-5,8-11,16,18-19H2,1-2H3,(H,30,36)/t22-,28+/m0/s1. The van der Waals surface area contributed by atoms with E-state index in [4.69, 9.17) is 14.2 Å². The van der Waals surface area contributed by atoms with E-state index in [1.807, 2.05) is 30.3 Å². The zero-order chi connectivity index (χ0) is 27.2. The summed E-state index contributed by atoms with van der Waals surface area (Å²) in [5.41, 5.74) is 2.12. The van der Waals surface area contributed by atoms with Crippen molar-refractivity contribution in [3.8, 4) is 11.5 Å². The van der Waals surface area contributed by atoms with Crippen molar-refractivity contribution in [2.45, 2.75) is 69.7 Å². The third-order valence-corrected chi connectivity index (χ3v) is 7.68. The van der Waals surface area contributed by atoms with Crippen LogP contribution < -0.4 is 14.8 Å². The highest BCUT2D eigenvalue weighted by molar-refractivity contribution is 5.89. The maximum Gasteiger partial charge on any atom is 0.247 e. The summed E-state index contributed by atoms with van der Waals surface area (Å²) in [6.07, 6.45) is 6.85. The number of benzene rings is 2. The van der Waals surface area contributed by atoms with Gasteiger partial charge in [-0.2, -0.15) is 0 Å². The molecule has 1 N–H and O–H groups in total. The fourth-order valence-electron chi connectivity index (χ4n) is 5.63. The van der Waals surface area contributed by atoms with Crippen molar-refractivity contribution in [3.05, 3.63) is 48.0 Å². The van der Waals surface area contributed by atoms with Crippen molar-refractivity contribution in [3.63, 3.8) is 0 Å². The number of rotatable bonds is 10. The molecule has 3 aromatic rings. The number of ether oxygens (including phenoxy) is 3. The predicted molar refractivity (Wildman–Crippen MR) is 146 cm³/mol. The molecular weight excluding hydrogens is 498 g/mol. The minimum absolute atomic E-state index is 0.0479. The molecule has 2 amide bonds. The van der Waals surface area contributed by atoms with Gasteiger partial charge >= 0.3 is 0 Å². The zero-order valence-electron chi connectivity index (χ0n) is 22.7. The molecule has 10 heteroatoms. The van der Waals surface area contributed by atoms with Crippen LogP contribution in [0.1, 0.15) is 56.6 Å². The minimum Gasteiger partial charge on any atom is -0.493 e. The molecule has 1 aliphatic heterocycles. The van der Waals surface area contributed by atoms with Crippen LogP contribution in [0.3, 0.4) is 0 Å². The van der Waals surface area contributed by atoms with Crippen molar-refractivity contribution < 1.29 is 23.8 Å². The molecule has 2 heterocycles. The smallest absolute Gasteiger partial charge is 0.247 e. The maximum atomic E-state index is 14.1. The van der Waals surface area contributed by atoms with Crippen LogP contribution in [0.4, 0.5) is 0 Å². The molecular formula is C29H37N5O5. The van der Waals surface area contributed by atoms with Crippen LogP contribution in [0.2, 0.25) is 0 Å². The number of amides is 2. The van der Waals surface area contributed by atoms with E-state index in [9.17, 15) is 9.59 Å². The lowest BCUT2D eigenvalue weighted by atomic mass is 9.94. The molecule has 0 bridgehead atoms. The van der Waals surface area contributed by atoms with Crippen molar-refractivity contribution in [1.29, 1.82) is 0 Å². The molecule has 39 heavy (non-hydrogen) atoms. The Kier molecular flexibility index (Phi) is 8.61. The van der Waals surface area contributed by atoms with Crippen LogP contribution in [-0.2, 0) is 20.9 Å². The van der Waals surface area contributed by atoms with E-state index in [2.05, 4.69) is 15.6 Å². The summed E-state index contributed by atoms with van der Waals surface area (Å²) < 4.78 is 18.5. The molecule has 10 nitrogen and oxygen atoms in total. The van der Waals surface area contributed by atoms with Crippen molar-refractivity contribution in [2.75, 3.05) is 27.4 Å². The molecule has 2 aromatic carbocycles. The van der Waals surface area contributed by atoms with Crippen LogP contribution in [0.5, 0.6) is 11.5 Å². The monoisotopic (exact) mass is 535 g/mol. The summed E-state index contributed by atoms with van der Waals surface area (Å²) in [5, 5.41) is 11.7. The van der Waals surface area contributed by atoms with E-state index in [1.165, 1.54) is 6.42 Å². The van der Waals surface area contributed by atoms with Gasteiger partial charge in [0.05, 0.1) is 25.8 Å². The van der Waals surface area contributed by atoms with Gasteiger partial charge in [-0.15, -0.1) is 5.10 Å². The number of methoxy groups -OCH3 is 2. The first-order valence-corrected chi connectivity index (χ1v) is 13.8. The van der Waals surface area contributed by atoms with E-state index in [-0.39, 0.29) is 30.5 Å². The number of nitrogens with one attached hydrogen (secondary N) is 1. The van der Waals surface area contributed by atoms with Crippen LogP contribution >= 0.6 is 0 Å². The Hall–Kier alpha value is -3.66. The summed E-state index contributed by atoms with van der Waals surface area (Å²) in [6.45, 7) is 0.895. The number of fused-ring (bicyclic) bond motifs is 1. The first kappa shape index (κ1) is 26.9. The van der Waals surface area contributed by atoms with Gasteiger partial charge in [-0.3, -0.25) is 9.59 Å². The van der Waals surface area contributed by atoms with Crippen LogP contribution in [0.15, 0.2) is 42.5 Å². The number of carbonyl (C=O) groups is 2. The summed E-state index contributed by atoms with van der Waals surface area (Å²) in [5.74, 6) is 0.611. The average Bonchev–Trinajstić information content (AvgIpc) is 3.63. The van der Waals surface area contributed by atoms with Gasteiger partial charge in [0, 0.05) is 19.2 Å². The van der Waals surface area contributed by atoms with Gasteiger partial charge in [-0.05, 0) is 55.5 Å². The molecule has 2 atom stereocenters. The fraction of sp³-hybridized carbons (Fsp3) is 0.517. The molecule has 1 aliphatic carbocycles. The van der Waals surface area contributed by atoms with E-state index in [0.717, 1.165) is 44.0 Å². The number of nitrogens with zero attached hydrogens (tertiary/aromatic N) is 4. The lowest BCUT2D eigenvalue weighted by Crippen LogP contribution is -2.50. The Bertz CT molecular complexity index is 1280. The summed E-state index contributed by atoms with van der Waals surface area (Å²) in [6, 6.07) is 12.1. The van der Waals surface area contributed by atoms with Gasteiger partial charge in [0.2, 0.25) is 11.8 Å². The molecule has 1 saturated carbocycles. The minimum atomic E-state index is -0.877. The number of hydrogen-bond acceptors (Lipinski definition) is 7. The normalized spacial score (nSPS) is 18.6. The molecule has 1 aromatic heterocycles. The summed E-state index contributed by atoms with van der Waals surface area (Å²) in [4.78, 5) is 29.8. The summed E-state index contributed by atoms with van der Waals surface area (Å²) >= 11 is 0. The number of para-hydroxylation sites is 1. The van der Waals surface area contributed by atoms with Crippen LogP contribution in [0.25, 0.3) is 11.0 Å². The van der Waals surface area contributed by atoms with E-state index in [0.29, 0.717) is 35.7 Å². The van der Waals surface area contributed by atoms with Crippen LogP contribution in [-0.4, -0.2) is 71.2 Å². The average molecular weight is 536 g/mol. The van der Waals surface area contributed by atoms with Gasteiger partial charge in [0.25, 0.3) is 0 Å². The van der Waals surface area contributed by atoms with E-state index >= 15 is 0 Å². The molecule has 0 radical (unpaired) electrons. The van der Waals surface area contributed by atoms with Gasteiger partial charge in [-0.1, -0.05) is 42.7 Å². The Morgan fingerprint density at radius 1 is 1.05 bits per heavy atom. The second-order valence-electron chi connectivity index (χ2n) is 10.3. The van der Waals surface area contributed by atoms with Crippen molar-refractivity contribution in [2.24, 2.45) is 0 Å². The first-order chi connectivity index (χ1) is 19.1. The Morgan fingerprint density at radius 2 is 1.85 bits per heavy atom. The highest BCUT2D eigenvalue weighted by Crippen LogP contribution is 2.33. The molecule has 208 valence electrons. The van der Waals surface area contributed by atoms with Gasteiger partial charge in [0.15, 0.2) is 11.5 Å². The third-order valence-electron chi connectivity index (χ3n) is 7.68. The quantitative estimate of drug-likeness (QED) is 0.422. The predicted octanol–water partition coefficient (Wildman–Crippen LogP) is 3.65. The zero-order valence-corrected chi connectivity index (χ0v) is 22.7. The Labute approximate surface area is 228 Å². The highest BCUT2D eigenvalue weighted by atomic mass is 16.5. The lowest BCUT2D eigenvalue weighted by Gasteiger charge is -2.35. The summed E-state index contributed by atoms with van der Waals surface area (Å²) in [7, 11) is 3.13. The number of hydrogen-bond donors (Lipinski definition) is 1. The van der Waals surface area contributed by atoms with Gasteiger partial charge in [0.1, 0.15) is 18.1 Å². The third kappa shape index (κ3) is 6.16. The number of carbonyl (C=O) groups excluding carboxylic acids is 2. The molecule has 2 fully saturated rings. The number of aromatic nitrogens is 3.